The summed E-state index contributed by atoms with van der Waals surface area (Å²) in [5, 5.41) is 18.1. The van der Waals surface area contributed by atoms with Gasteiger partial charge in [-0.25, -0.2) is 4.98 Å². The maximum atomic E-state index is 12.4. The van der Waals surface area contributed by atoms with Gasteiger partial charge in [0.15, 0.2) is 4.34 Å². The lowest BCUT2D eigenvalue weighted by molar-refractivity contribution is -0.113. The van der Waals surface area contributed by atoms with Gasteiger partial charge in [0.2, 0.25) is 11.0 Å². The third kappa shape index (κ3) is 5.60. The number of carbonyl (C=O) groups excluding carboxylic acids is 1. The summed E-state index contributed by atoms with van der Waals surface area (Å²) in [7, 11) is 1.62. The number of hydrogen-bond donors (Lipinski definition) is 2. The number of thiazole rings is 1. The number of para-hydroxylation sites is 2. The number of hydrogen-bond acceptors (Lipinski definition) is 9. The Morgan fingerprint density at radius 2 is 2.03 bits per heavy atom. The normalized spacial score (nSPS) is 10.6. The van der Waals surface area contributed by atoms with Crippen LogP contribution < -0.4 is 15.4 Å². The minimum absolute atomic E-state index is 0.106. The largest absolute Gasteiger partial charge is 0.495 e. The fraction of sp³-hybridized carbons (Fsp3) is 0.143. The molecule has 31 heavy (non-hydrogen) atoms. The number of rotatable bonds is 8. The van der Waals surface area contributed by atoms with Crippen molar-refractivity contribution in [1.82, 2.24) is 15.2 Å². The van der Waals surface area contributed by atoms with E-state index < -0.39 is 0 Å². The number of aryl methyl sites for hydroxylation is 1. The van der Waals surface area contributed by atoms with Gasteiger partial charge >= 0.3 is 0 Å². The van der Waals surface area contributed by atoms with E-state index in [0.29, 0.717) is 9.47 Å². The lowest BCUT2D eigenvalue weighted by atomic mass is 10.1. The highest BCUT2D eigenvalue weighted by Crippen LogP contribution is 2.31. The summed E-state index contributed by atoms with van der Waals surface area (Å²) in [5.41, 5.74) is 3.44. The van der Waals surface area contributed by atoms with Crippen molar-refractivity contribution < 1.29 is 9.53 Å². The molecule has 0 saturated heterocycles. The molecule has 4 rings (SSSR count). The molecule has 2 aromatic heterocycles. The first-order chi connectivity index (χ1) is 15.1. The van der Waals surface area contributed by atoms with Crippen LogP contribution in [0.2, 0.25) is 0 Å². The van der Waals surface area contributed by atoms with Crippen LogP contribution in [0.3, 0.4) is 0 Å². The van der Waals surface area contributed by atoms with Gasteiger partial charge in [0, 0.05) is 16.6 Å². The van der Waals surface area contributed by atoms with Gasteiger partial charge in [-0.05, 0) is 31.2 Å². The second-order valence-corrected chi connectivity index (χ2v) is 9.63. The predicted molar refractivity (Wildman–Crippen MR) is 128 cm³/mol. The Hall–Kier alpha value is -2.95. The van der Waals surface area contributed by atoms with E-state index in [1.54, 1.807) is 18.4 Å². The van der Waals surface area contributed by atoms with Crippen LogP contribution in [0.1, 0.15) is 5.01 Å². The average molecular weight is 470 g/mol. The molecule has 0 saturated carbocycles. The van der Waals surface area contributed by atoms with Crippen molar-refractivity contribution in [3.05, 3.63) is 58.9 Å². The monoisotopic (exact) mass is 469 g/mol. The Kier molecular flexibility index (Phi) is 6.80. The molecule has 4 aromatic rings. The van der Waals surface area contributed by atoms with Gasteiger partial charge in [0.1, 0.15) is 5.75 Å². The number of benzene rings is 2. The zero-order valence-electron chi connectivity index (χ0n) is 16.8. The number of nitrogens with one attached hydrogen (secondary N) is 2. The van der Waals surface area contributed by atoms with Crippen molar-refractivity contribution in [3.8, 4) is 17.0 Å². The Labute approximate surface area is 191 Å². The van der Waals surface area contributed by atoms with Crippen molar-refractivity contribution in [3.63, 3.8) is 0 Å². The molecular formula is C21H19N5O2S3. The van der Waals surface area contributed by atoms with Gasteiger partial charge < -0.3 is 15.4 Å². The van der Waals surface area contributed by atoms with Gasteiger partial charge in [0.05, 0.1) is 29.3 Å². The number of amides is 1. The van der Waals surface area contributed by atoms with Crippen LogP contribution in [0.4, 0.5) is 16.5 Å². The standard InChI is InChI=1S/C21H19N5O2S3/c1-13-22-17(11-29-13)14-6-5-7-15(10-14)23-19(27)12-30-21-26-25-20(31-21)24-16-8-3-4-9-18(16)28-2/h3-11H,12H2,1-2H3,(H,23,27)(H,24,25). The number of methoxy groups -OCH3 is 1. The van der Waals surface area contributed by atoms with E-state index in [9.17, 15) is 4.79 Å². The van der Waals surface area contributed by atoms with E-state index in [4.69, 9.17) is 4.74 Å². The van der Waals surface area contributed by atoms with Crippen LogP contribution in [0, 0.1) is 6.92 Å². The number of ether oxygens (including phenoxy) is 1. The van der Waals surface area contributed by atoms with E-state index >= 15 is 0 Å². The van der Waals surface area contributed by atoms with Crippen LogP contribution >= 0.6 is 34.4 Å². The molecule has 0 aliphatic carbocycles. The first kappa shape index (κ1) is 21.3. The summed E-state index contributed by atoms with van der Waals surface area (Å²) >= 11 is 4.33. The van der Waals surface area contributed by atoms with Gasteiger partial charge in [-0.3, -0.25) is 4.79 Å². The molecule has 0 aliphatic rings. The Morgan fingerprint density at radius 3 is 2.84 bits per heavy atom. The summed E-state index contributed by atoms with van der Waals surface area (Å²) in [6, 6.07) is 15.3. The van der Waals surface area contributed by atoms with Crippen molar-refractivity contribution >= 4 is 56.8 Å². The molecule has 2 aromatic carbocycles. The Balaban J connectivity index is 1.32. The highest BCUT2D eigenvalue weighted by Gasteiger charge is 2.11. The first-order valence-corrected chi connectivity index (χ1v) is 12.0. The van der Waals surface area contributed by atoms with Crippen LogP contribution in [-0.4, -0.2) is 34.0 Å². The molecule has 0 aliphatic heterocycles. The van der Waals surface area contributed by atoms with Crippen molar-refractivity contribution in [2.24, 2.45) is 0 Å². The maximum absolute atomic E-state index is 12.4. The van der Waals surface area contributed by atoms with Crippen molar-refractivity contribution in [2.75, 3.05) is 23.5 Å². The second kappa shape index (κ2) is 9.90. The highest BCUT2D eigenvalue weighted by molar-refractivity contribution is 8.01. The lowest BCUT2D eigenvalue weighted by Gasteiger charge is -2.07. The molecule has 0 fully saturated rings. The van der Waals surface area contributed by atoms with Crippen LogP contribution in [-0.2, 0) is 4.79 Å². The summed E-state index contributed by atoms with van der Waals surface area (Å²) < 4.78 is 6.04. The first-order valence-electron chi connectivity index (χ1n) is 9.29. The number of aromatic nitrogens is 3. The summed E-state index contributed by atoms with van der Waals surface area (Å²) in [4.78, 5) is 16.9. The van der Waals surface area contributed by atoms with Crippen LogP contribution in [0.15, 0.2) is 58.3 Å². The van der Waals surface area contributed by atoms with E-state index in [-0.39, 0.29) is 11.7 Å². The number of carbonyl (C=O) groups is 1. The fourth-order valence-electron chi connectivity index (χ4n) is 2.76. The molecule has 10 heteroatoms. The quantitative estimate of drug-likeness (QED) is 0.332. The number of thioether (sulfide) groups is 1. The molecule has 2 N–H and O–H groups in total. The van der Waals surface area contributed by atoms with Crippen LogP contribution in [0.25, 0.3) is 11.3 Å². The molecule has 0 radical (unpaired) electrons. The number of anilines is 3. The minimum Gasteiger partial charge on any atom is -0.495 e. The third-order valence-corrected chi connectivity index (χ3v) is 6.89. The topological polar surface area (TPSA) is 89.0 Å². The highest BCUT2D eigenvalue weighted by atomic mass is 32.2. The lowest BCUT2D eigenvalue weighted by Crippen LogP contribution is -2.13. The molecule has 158 valence electrons. The summed E-state index contributed by atoms with van der Waals surface area (Å²) in [6.45, 7) is 1.97. The minimum atomic E-state index is -0.106. The molecule has 2 heterocycles. The van der Waals surface area contributed by atoms with Gasteiger partial charge in [0.25, 0.3) is 0 Å². The smallest absolute Gasteiger partial charge is 0.234 e. The van der Waals surface area contributed by atoms with Crippen molar-refractivity contribution in [2.45, 2.75) is 11.3 Å². The Bertz CT molecular complexity index is 1190. The van der Waals surface area contributed by atoms with Crippen LogP contribution in [0.5, 0.6) is 5.75 Å². The summed E-state index contributed by atoms with van der Waals surface area (Å²) in [5.74, 6) is 0.857. The predicted octanol–water partition coefficient (Wildman–Crippen LogP) is 5.45. The van der Waals surface area contributed by atoms with Crippen molar-refractivity contribution in [1.29, 1.82) is 0 Å². The molecule has 7 nitrogen and oxygen atoms in total. The van der Waals surface area contributed by atoms with E-state index in [2.05, 4.69) is 25.8 Å². The molecular weight excluding hydrogens is 450 g/mol. The van der Waals surface area contributed by atoms with E-state index in [1.807, 2.05) is 60.8 Å². The second-order valence-electron chi connectivity index (χ2n) is 6.37. The van der Waals surface area contributed by atoms with Gasteiger partial charge in [-0.2, -0.15) is 0 Å². The maximum Gasteiger partial charge on any atom is 0.234 e. The average Bonchev–Trinajstić information content (AvgIpc) is 3.42. The molecule has 0 spiro atoms. The van der Waals surface area contributed by atoms with E-state index in [0.717, 1.165) is 33.4 Å². The molecule has 0 unspecified atom stereocenters. The molecule has 0 atom stereocenters. The SMILES string of the molecule is COc1ccccc1Nc1nnc(SCC(=O)Nc2cccc(-c3csc(C)n3)c2)s1. The zero-order chi connectivity index (χ0) is 21.6. The van der Waals surface area contributed by atoms with Gasteiger partial charge in [-0.15, -0.1) is 21.5 Å². The fourth-order valence-corrected chi connectivity index (χ4v) is 4.94. The molecule has 0 bridgehead atoms. The Morgan fingerprint density at radius 1 is 1.16 bits per heavy atom. The summed E-state index contributed by atoms with van der Waals surface area (Å²) in [6.07, 6.45) is 0. The molecule has 1 amide bonds. The van der Waals surface area contributed by atoms with E-state index in [1.165, 1.54) is 23.1 Å². The third-order valence-electron chi connectivity index (χ3n) is 4.14. The number of nitrogens with zero attached hydrogens (tertiary/aromatic N) is 3. The zero-order valence-corrected chi connectivity index (χ0v) is 19.2. The van der Waals surface area contributed by atoms with Gasteiger partial charge in [-0.1, -0.05) is 47.4 Å².